The second-order valence-corrected chi connectivity index (χ2v) is 8.84. The van der Waals surface area contributed by atoms with Gasteiger partial charge in [0.2, 0.25) is 15.9 Å². The number of amides is 1. The van der Waals surface area contributed by atoms with Gasteiger partial charge in [-0.2, -0.15) is 4.31 Å². The molecule has 0 radical (unpaired) electrons. The molecule has 0 spiro atoms. The highest BCUT2D eigenvalue weighted by atomic mass is 35.5. The number of rotatable bonds is 5. The molecule has 3 rings (SSSR count). The van der Waals surface area contributed by atoms with Gasteiger partial charge in [0.15, 0.2) is 0 Å². The summed E-state index contributed by atoms with van der Waals surface area (Å²) in [6.07, 6.45) is 1.06. The Morgan fingerprint density at radius 2 is 1.81 bits per heavy atom. The Bertz CT molecular complexity index is 917. The molecule has 0 aromatic heterocycles. The molecule has 1 aliphatic rings. The van der Waals surface area contributed by atoms with E-state index in [9.17, 15) is 17.6 Å². The average molecular weight is 411 g/mol. The normalized spacial score (nSPS) is 19.0. The molecule has 1 amide bonds. The lowest BCUT2D eigenvalue weighted by molar-refractivity contribution is -0.124. The molecule has 1 N–H and O–H groups in total. The molecule has 144 valence electrons. The van der Waals surface area contributed by atoms with Crippen LogP contribution in [0, 0.1) is 5.82 Å². The summed E-state index contributed by atoms with van der Waals surface area (Å²) in [6, 6.07) is 10.6. The predicted molar refractivity (Wildman–Crippen MR) is 101 cm³/mol. The van der Waals surface area contributed by atoms with Crippen LogP contribution in [-0.2, 0) is 14.8 Å². The molecule has 0 aliphatic carbocycles. The van der Waals surface area contributed by atoms with Crippen molar-refractivity contribution in [3.63, 3.8) is 0 Å². The zero-order chi connectivity index (χ0) is 19.6. The summed E-state index contributed by atoms with van der Waals surface area (Å²) < 4.78 is 40.1. The fraction of sp³-hybridized carbons (Fsp3) is 0.316. The number of nitrogens with zero attached hydrogens (tertiary/aromatic N) is 1. The molecule has 27 heavy (non-hydrogen) atoms. The zero-order valence-corrected chi connectivity index (χ0v) is 16.3. The highest BCUT2D eigenvalue weighted by molar-refractivity contribution is 7.89. The number of hydrogen-bond donors (Lipinski definition) is 1. The van der Waals surface area contributed by atoms with Gasteiger partial charge in [-0.1, -0.05) is 23.7 Å². The molecule has 0 bridgehead atoms. The number of halogens is 2. The summed E-state index contributed by atoms with van der Waals surface area (Å²) in [7, 11) is -3.79. The van der Waals surface area contributed by atoms with E-state index in [0.29, 0.717) is 17.9 Å². The predicted octanol–water partition coefficient (Wildman–Crippen LogP) is 3.51. The molecule has 0 unspecified atom stereocenters. The van der Waals surface area contributed by atoms with Crippen molar-refractivity contribution in [2.75, 3.05) is 6.54 Å². The van der Waals surface area contributed by atoms with E-state index in [0.717, 1.165) is 5.56 Å². The van der Waals surface area contributed by atoms with Gasteiger partial charge in [0, 0.05) is 11.6 Å². The first-order chi connectivity index (χ1) is 12.8. The van der Waals surface area contributed by atoms with Crippen LogP contribution >= 0.6 is 11.6 Å². The molecule has 1 aliphatic heterocycles. The van der Waals surface area contributed by atoms with Crippen molar-refractivity contribution in [1.82, 2.24) is 9.62 Å². The minimum absolute atomic E-state index is 0.109. The fourth-order valence-electron chi connectivity index (χ4n) is 3.18. The number of benzene rings is 2. The summed E-state index contributed by atoms with van der Waals surface area (Å²) >= 11 is 5.83. The van der Waals surface area contributed by atoms with E-state index in [-0.39, 0.29) is 29.2 Å². The number of sulfonamides is 1. The van der Waals surface area contributed by atoms with E-state index in [1.165, 1.54) is 40.7 Å². The van der Waals surface area contributed by atoms with E-state index in [4.69, 9.17) is 11.6 Å². The van der Waals surface area contributed by atoms with Crippen LogP contribution in [0.4, 0.5) is 4.39 Å². The van der Waals surface area contributed by atoms with E-state index in [2.05, 4.69) is 5.32 Å². The van der Waals surface area contributed by atoms with Gasteiger partial charge in [-0.3, -0.25) is 4.79 Å². The SMILES string of the molecule is C[C@H](NC(=O)[C@H]1CCCN1S(=O)(=O)c1ccc(Cl)cc1)c1ccc(F)cc1. The first kappa shape index (κ1) is 19.8. The van der Waals surface area contributed by atoms with Crippen molar-refractivity contribution >= 4 is 27.5 Å². The quantitative estimate of drug-likeness (QED) is 0.820. The van der Waals surface area contributed by atoms with Crippen molar-refractivity contribution in [2.45, 2.75) is 36.7 Å². The molecule has 8 heteroatoms. The molecule has 1 heterocycles. The van der Waals surface area contributed by atoms with Crippen molar-refractivity contribution in [3.05, 3.63) is 64.9 Å². The van der Waals surface area contributed by atoms with Gasteiger partial charge >= 0.3 is 0 Å². The van der Waals surface area contributed by atoms with Gasteiger partial charge in [0.05, 0.1) is 10.9 Å². The molecule has 5 nitrogen and oxygen atoms in total. The molecule has 2 atom stereocenters. The number of nitrogens with one attached hydrogen (secondary N) is 1. The summed E-state index contributed by atoms with van der Waals surface area (Å²) in [5.74, 6) is -0.713. The lowest BCUT2D eigenvalue weighted by Crippen LogP contribution is -2.46. The summed E-state index contributed by atoms with van der Waals surface area (Å²) in [6.45, 7) is 2.06. The lowest BCUT2D eigenvalue weighted by atomic mass is 10.1. The van der Waals surface area contributed by atoms with E-state index in [1.807, 2.05) is 0 Å². The molecular formula is C19H20ClFN2O3S. The number of carbonyl (C=O) groups excluding carboxylic acids is 1. The Morgan fingerprint density at radius 1 is 1.19 bits per heavy atom. The summed E-state index contributed by atoms with van der Waals surface area (Å²) in [5.41, 5.74) is 0.745. The van der Waals surface area contributed by atoms with Gasteiger partial charge in [-0.15, -0.1) is 0 Å². The maximum atomic E-state index is 13.1. The summed E-state index contributed by atoms with van der Waals surface area (Å²) in [5, 5.41) is 3.27. The van der Waals surface area contributed by atoms with Crippen molar-refractivity contribution in [3.8, 4) is 0 Å². The molecule has 1 saturated heterocycles. The molecule has 0 saturated carbocycles. The maximum Gasteiger partial charge on any atom is 0.243 e. The third kappa shape index (κ3) is 4.31. The van der Waals surface area contributed by atoms with Gasteiger partial charge in [-0.05, 0) is 61.7 Å². The van der Waals surface area contributed by atoms with E-state index in [1.54, 1.807) is 19.1 Å². The molecular weight excluding hydrogens is 391 g/mol. The first-order valence-electron chi connectivity index (χ1n) is 8.62. The fourth-order valence-corrected chi connectivity index (χ4v) is 4.96. The largest absolute Gasteiger partial charge is 0.348 e. The average Bonchev–Trinajstić information content (AvgIpc) is 3.13. The second kappa shape index (κ2) is 7.96. The summed E-state index contributed by atoms with van der Waals surface area (Å²) in [4.78, 5) is 12.8. The smallest absolute Gasteiger partial charge is 0.243 e. The van der Waals surface area contributed by atoms with Gasteiger partial charge < -0.3 is 5.32 Å². The van der Waals surface area contributed by atoms with Gasteiger partial charge in [0.25, 0.3) is 0 Å². The Morgan fingerprint density at radius 3 is 2.44 bits per heavy atom. The Balaban J connectivity index is 1.76. The van der Waals surface area contributed by atoms with Crippen LogP contribution in [0.5, 0.6) is 0 Å². The lowest BCUT2D eigenvalue weighted by Gasteiger charge is -2.25. The highest BCUT2D eigenvalue weighted by Crippen LogP contribution is 2.27. The number of carbonyl (C=O) groups is 1. The van der Waals surface area contributed by atoms with Crippen LogP contribution in [0.15, 0.2) is 53.4 Å². The topological polar surface area (TPSA) is 66.5 Å². The highest BCUT2D eigenvalue weighted by Gasteiger charge is 2.39. The molecule has 2 aromatic carbocycles. The van der Waals surface area contributed by atoms with Crippen molar-refractivity contribution in [2.24, 2.45) is 0 Å². The van der Waals surface area contributed by atoms with Gasteiger partial charge in [-0.25, -0.2) is 12.8 Å². The standard InChI is InChI=1S/C19H20ClFN2O3S/c1-13(14-4-8-16(21)9-5-14)22-19(24)18-3-2-12-23(18)27(25,26)17-10-6-15(20)7-11-17/h4-11,13,18H,2-3,12H2,1H3,(H,22,24)/t13-,18+/m0/s1. The monoisotopic (exact) mass is 410 g/mol. The van der Waals surface area contributed by atoms with Crippen LogP contribution in [0.1, 0.15) is 31.4 Å². The molecule has 1 fully saturated rings. The van der Waals surface area contributed by atoms with Crippen LogP contribution in [0.3, 0.4) is 0 Å². The Kier molecular flexibility index (Phi) is 5.83. The van der Waals surface area contributed by atoms with Crippen LogP contribution in [0.2, 0.25) is 5.02 Å². The van der Waals surface area contributed by atoms with Gasteiger partial charge in [0.1, 0.15) is 11.9 Å². The van der Waals surface area contributed by atoms with Crippen molar-refractivity contribution in [1.29, 1.82) is 0 Å². The number of hydrogen-bond acceptors (Lipinski definition) is 3. The first-order valence-corrected chi connectivity index (χ1v) is 10.4. The minimum Gasteiger partial charge on any atom is -0.348 e. The Labute approximate surface area is 163 Å². The van der Waals surface area contributed by atoms with Crippen molar-refractivity contribution < 1.29 is 17.6 Å². The second-order valence-electron chi connectivity index (χ2n) is 6.51. The van der Waals surface area contributed by atoms with Crippen LogP contribution in [-0.4, -0.2) is 31.2 Å². The van der Waals surface area contributed by atoms with E-state index < -0.39 is 16.1 Å². The molecule has 2 aromatic rings. The third-order valence-electron chi connectivity index (χ3n) is 4.66. The van der Waals surface area contributed by atoms with Crippen LogP contribution < -0.4 is 5.32 Å². The van der Waals surface area contributed by atoms with Crippen LogP contribution in [0.25, 0.3) is 0 Å². The minimum atomic E-state index is -3.79. The zero-order valence-electron chi connectivity index (χ0n) is 14.7. The Hall–Kier alpha value is -1.96. The third-order valence-corrected chi connectivity index (χ3v) is 6.83. The van der Waals surface area contributed by atoms with E-state index >= 15 is 0 Å². The maximum absolute atomic E-state index is 13.1.